The fraction of sp³-hybridized carbons (Fsp3) is 0.800. The molecule has 0 unspecified atom stereocenters. The highest BCUT2D eigenvalue weighted by Crippen LogP contribution is 2.30. The quantitative estimate of drug-likeness (QED) is 0.442. The first-order valence-corrected chi connectivity index (χ1v) is 10.2. The Balaban J connectivity index is 1.63. The van der Waals surface area contributed by atoms with E-state index in [2.05, 4.69) is 10.6 Å². The number of Topliss-reactive ketones (excluding diaryl/α,β-unsaturated/α-hetero) is 1. The van der Waals surface area contributed by atoms with Crippen molar-refractivity contribution in [1.29, 1.82) is 0 Å². The van der Waals surface area contributed by atoms with Gasteiger partial charge >= 0.3 is 0 Å². The first-order valence-electron chi connectivity index (χ1n) is 10.2. The van der Waals surface area contributed by atoms with Crippen molar-refractivity contribution in [3.05, 3.63) is 0 Å². The molecule has 1 heterocycles. The van der Waals surface area contributed by atoms with Crippen LogP contribution >= 0.6 is 0 Å². The summed E-state index contributed by atoms with van der Waals surface area (Å²) in [6.45, 7) is 2.76. The molecule has 0 spiro atoms. The minimum Gasteiger partial charge on any atom is -0.356 e. The topological polar surface area (TPSA) is 95.6 Å². The van der Waals surface area contributed by atoms with Crippen molar-refractivity contribution in [2.75, 3.05) is 20.1 Å². The Hall–Kier alpha value is -1.76. The van der Waals surface area contributed by atoms with Crippen LogP contribution in [0.4, 0.5) is 0 Å². The van der Waals surface area contributed by atoms with Gasteiger partial charge in [-0.15, -0.1) is 0 Å². The molecular formula is C20H33N3O4. The van der Waals surface area contributed by atoms with E-state index < -0.39 is 0 Å². The van der Waals surface area contributed by atoms with Crippen molar-refractivity contribution in [3.63, 3.8) is 0 Å². The fourth-order valence-corrected chi connectivity index (χ4v) is 4.00. The van der Waals surface area contributed by atoms with E-state index in [0.717, 1.165) is 44.9 Å². The van der Waals surface area contributed by atoms with Crippen LogP contribution in [0.2, 0.25) is 0 Å². The van der Waals surface area contributed by atoms with Crippen LogP contribution in [0.3, 0.4) is 0 Å². The zero-order valence-electron chi connectivity index (χ0n) is 16.6. The van der Waals surface area contributed by atoms with E-state index >= 15 is 0 Å². The van der Waals surface area contributed by atoms with Gasteiger partial charge in [-0.1, -0.05) is 6.42 Å². The highest BCUT2D eigenvalue weighted by Gasteiger charge is 2.39. The van der Waals surface area contributed by atoms with E-state index in [4.69, 9.17) is 0 Å². The van der Waals surface area contributed by atoms with Crippen LogP contribution in [-0.2, 0) is 19.2 Å². The summed E-state index contributed by atoms with van der Waals surface area (Å²) in [5.41, 5.74) is 0. The van der Waals surface area contributed by atoms with Crippen molar-refractivity contribution in [3.8, 4) is 0 Å². The van der Waals surface area contributed by atoms with Gasteiger partial charge in [0, 0.05) is 25.4 Å². The summed E-state index contributed by atoms with van der Waals surface area (Å²) in [5.74, 6) is 0.451. The number of carbonyl (C=O) groups is 4. The summed E-state index contributed by atoms with van der Waals surface area (Å²) in [5, 5.41) is 5.89. The van der Waals surface area contributed by atoms with Gasteiger partial charge in [0.15, 0.2) is 0 Å². The van der Waals surface area contributed by atoms with Gasteiger partial charge in [0.2, 0.25) is 17.7 Å². The minimum absolute atomic E-state index is 0.0357. The summed E-state index contributed by atoms with van der Waals surface area (Å²) in [6.07, 6.45) is 6.99. The zero-order valence-corrected chi connectivity index (χ0v) is 16.6. The van der Waals surface area contributed by atoms with Crippen LogP contribution in [0.15, 0.2) is 0 Å². The van der Waals surface area contributed by atoms with Crippen LogP contribution in [0.25, 0.3) is 0 Å². The normalized spacial score (nSPS) is 25.7. The lowest BCUT2D eigenvalue weighted by Crippen LogP contribution is -2.41. The standard InChI is InChI=1S/C20H33N3O4/c1-14(24)6-4-3-5-11-22-19(26)16-9-7-15(8-10-16)13-23-18(25)12-17(21-2)20(23)27/h15-17,21H,3-13H2,1-2H3,(H,22,26)/t15?,16?,17-/m0/s1. The molecule has 7 heteroatoms. The Labute approximate surface area is 161 Å². The molecule has 1 atom stereocenters. The summed E-state index contributed by atoms with van der Waals surface area (Å²) in [7, 11) is 1.70. The maximum atomic E-state index is 12.3. The number of nitrogens with one attached hydrogen (secondary N) is 2. The van der Waals surface area contributed by atoms with E-state index in [-0.39, 0.29) is 41.9 Å². The molecule has 0 aromatic carbocycles. The first kappa shape index (κ1) is 21.5. The third-order valence-electron chi connectivity index (χ3n) is 5.76. The molecule has 0 aromatic rings. The number of imide groups is 1. The minimum atomic E-state index is -0.380. The molecule has 1 aliphatic carbocycles. The van der Waals surface area contributed by atoms with Gasteiger partial charge in [-0.2, -0.15) is 0 Å². The van der Waals surface area contributed by atoms with Crippen LogP contribution in [0.1, 0.15) is 64.7 Å². The second-order valence-electron chi connectivity index (χ2n) is 7.91. The van der Waals surface area contributed by atoms with Crippen LogP contribution in [0.5, 0.6) is 0 Å². The lowest BCUT2D eigenvalue weighted by Gasteiger charge is -2.30. The molecule has 27 heavy (non-hydrogen) atoms. The van der Waals surface area contributed by atoms with Gasteiger partial charge in [0.1, 0.15) is 5.78 Å². The Kier molecular flexibility index (Phi) is 8.41. The number of carbonyl (C=O) groups excluding carboxylic acids is 4. The number of hydrogen-bond donors (Lipinski definition) is 2. The smallest absolute Gasteiger partial charge is 0.246 e. The predicted octanol–water partition coefficient (Wildman–Crippen LogP) is 1.41. The predicted molar refractivity (Wildman–Crippen MR) is 102 cm³/mol. The molecule has 1 aliphatic heterocycles. The van der Waals surface area contributed by atoms with Crippen LogP contribution in [-0.4, -0.2) is 54.6 Å². The molecule has 2 N–H and O–H groups in total. The molecule has 0 radical (unpaired) electrons. The van der Waals surface area contributed by atoms with E-state index in [1.165, 1.54) is 4.90 Å². The summed E-state index contributed by atoms with van der Waals surface area (Å²) < 4.78 is 0. The number of likely N-dealkylation sites (N-methyl/N-ethyl adjacent to an activating group) is 1. The van der Waals surface area contributed by atoms with E-state index in [9.17, 15) is 19.2 Å². The molecule has 3 amide bonds. The molecule has 2 aliphatic rings. The Bertz CT molecular complexity index is 555. The zero-order chi connectivity index (χ0) is 19.8. The van der Waals surface area contributed by atoms with Gasteiger partial charge in [0.05, 0.1) is 12.5 Å². The number of nitrogens with zero attached hydrogens (tertiary/aromatic N) is 1. The Morgan fingerprint density at radius 3 is 2.37 bits per heavy atom. The van der Waals surface area contributed by atoms with E-state index in [0.29, 0.717) is 25.4 Å². The highest BCUT2D eigenvalue weighted by molar-refractivity contribution is 6.05. The molecule has 152 valence electrons. The summed E-state index contributed by atoms with van der Waals surface area (Å²) >= 11 is 0. The SMILES string of the molecule is CN[C@H]1CC(=O)N(CC2CCC(C(=O)NCCCCCC(C)=O)CC2)C1=O. The number of rotatable bonds is 10. The van der Waals surface area contributed by atoms with Crippen molar-refractivity contribution < 1.29 is 19.2 Å². The van der Waals surface area contributed by atoms with Gasteiger partial charge in [-0.25, -0.2) is 0 Å². The Morgan fingerprint density at radius 1 is 1.07 bits per heavy atom. The van der Waals surface area contributed by atoms with E-state index in [1.807, 2.05) is 0 Å². The van der Waals surface area contributed by atoms with Crippen molar-refractivity contribution in [2.45, 2.75) is 70.8 Å². The molecule has 7 nitrogen and oxygen atoms in total. The van der Waals surface area contributed by atoms with Gasteiger partial charge in [-0.05, 0) is 58.4 Å². The molecule has 1 saturated carbocycles. The maximum Gasteiger partial charge on any atom is 0.246 e. The third-order valence-corrected chi connectivity index (χ3v) is 5.76. The highest BCUT2D eigenvalue weighted by atomic mass is 16.2. The monoisotopic (exact) mass is 379 g/mol. The number of amides is 3. The molecule has 0 bridgehead atoms. The number of hydrogen-bond acceptors (Lipinski definition) is 5. The lowest BCUT2D eigenvalue weighted by molar-refractivity contribution is -0.140. The van der Waals surface area contributed by atoms with Gasteiger partial charge < -0.3 is 15.4 Å². The largest absolute Gasteiger partial charge is 0.356 e. The molecular weight excluding hydrogens is 346 g/mol. The van der Waals surface area contributed by atoms with E-state index in [1.54, 1.807) is 14.0 Å². The molecule has 1 saturated heterocycles. The molecule has 0 aromatic heterocycles. The van der Waals surface area contributed by atoms with Crippen molar-refractivity contribution >= 4 is 23.5 Å². The second kappa shape index (κ2) is 10.5. The van der Waals surface area contributed by atoms with Crippen molar-refractivity contribution in [1.82, 2.24) is 15.5 Å². The number of ketones is 1. The second-order valence-corrected chi connectivity index (χ2v) is 7.91. The van der Waals surface area contributed by atoms with Crippen LogP contribution in [0, 0.1) is 11.8 Å². The third kappa shape index (κ3) is 6.41. The lowest BCUT2D eigenvalue weighted by atomic mass is 9.81. The fourth-order valence-electron chi connectivity index (χ4n) is 4.00. The van der Waals surface area contributed by atoms with Gasteiger partial charge in [0.25, 0.3) is 0 Å². The number of unbranched alkanes of at least 4 members (excludes halogenated alkanes) is 2. The average molecular weight is 380 g/mol. The van der Waals surface area contributed by atoms with Crippen molar-refractivity contribution in [2.24, 2.45) is 11.8 Å². The van der Waals surface area contributed by atoms with Gasteiger partial charge in [-0.3, -0.25) is 19.3 Å². The first-order chi connectivity index (χ1) is 12.9. The molecule has 2 rings (SSSR count). The summed E-state index contributed by atoms with van der Waals surface area (Å²) in [6, 6.07) is -0.380. The maximum absolute atomic E-state index is 12.3. The summed E-state index contributed by atoms with van der Waals surface area (Å²) in [4.78, 5) is 48.8. The number of likely N-dealkylation sites (tertiary alicyclic amines) is 1. The van der Waals surface area contributed by atoms with Crippen LogP contribution < -0.4 is 10.6 Å². The Morgan fingerprint density at radius 2 is 1.78 bits per heavy atom. The average Bonchev–Trinajstić information content (AvgIpc) is 2.92. The molecule has 2 fully saturated rings.